The molecule has 0 aromatic rings. The summed E-state index contributed by atoms with van der Waals surface area (Å²) in [6, 6.07) is 0. The molecular weight excluding hydrogens is 134 g/mol. The highest BCUT2D eigenvalue weighted by atomic mass is 14.9. The van der Waals surface area contributed by atoms with Gasteiger partial charge in [-0.3, -0.25) is 0 Å². The Hall–Kier alpha value is -0.0400. The summed E-state index contributed by atoms with van der Waals surface area (Å²) in [7, 11) is 0. The van der Waals surface area contributed by atoms with E-state index in [1.54, 1.807) is 0 Å². The standard InChI is InChI=1S/C10H19N/c1-7-4-10(6-11-5-7)8(2)9(10)3/h7-9,11H,4-6H2,1-3H3. The molecule has 1 spiro atoms. The third kappa shape index (κ3) is 0.936. The summed E-state index contributed by atoms with van der Waals surface area (Å²) in [5, 5.41) is 3.55. The minimum atomic E-state index is 0.706. The molecule has 1 heteroatoms. The van der Waals surface area contributed by atoms with Crippen LogP contribution < -0.4 is 5.32 Å². The highest BCUT2D eigenvalue weighted by Crippen LogP contribution is 2.62. The van der Waals surface area contributed by atoms with Crippen LogP contribution in [0.5, 0.6) is 0 Å². The molecule has 1 saturated heterocycles. The van der Waals surface area contributed by atoms with Crippen molar-refractivity contribution in [3.05, 3.63) is 0 Å². The van der Waals surface area contributed by atoms with E-state index in [2.05, 4.69) is 26.1 Å². The first-order valence-electron chi connectivity index (χ1n) is 4.87. The summed E-state index contributed by atoms with van der Waals surface area (Å²) < 4.78 is 0. The molecule has 1 aliphatic heterocycles. The molecule has 1 aliphatic carbocycles. The minimum absolute atomic E-state index is 0.706. The third-order valence-corrected chi connectivity index (χ3v) is 4.13. The van der Waals surface area contributed by atoms with Gasteiger partial charge in [0, 0.05) is 6.54 Å². The maximum atomic E-state index is 3.55. The Morgan fingerprint density at radius 3 is 2.18 bits per heavy atom. The van der Waals surface area contributed by atoms with Crippen molar-refractivity contribution in [3.8, 4) is 0 Å². The van der Waals surface area contributed by atoms with Gasteiger partial charge >= 0.3 is 0 Å². The second kappa shape index (κ2) is 2.22. The lowest BCUT2D eigenvalue weighted by Gasteiger charge is -2.29. The lowest BCUT2D eigenvalue weighted by Crippen LogP contribution is -2.37. The van der Waals surface area contributed by atoms with Crippen molar-refractivity contribution in [2.75, 3.05) is 13.1 Å². The largest absolute Gasteiger partial charge is 0.316 e. The molecule has 11 heavy (non-hydrogen) atoms. The Morgan fingerprint density at radius 2 is 1.82 bits per heavy atom. The highest BCUT2D eigenvalue weighted by molar-refractivity contribution is 5.09. The first-order valence-corrected chi connectivity index (χ1v) is 4.87. The second-order valence-corrected chi connectivity index (χ2v) is 4.75. The van der Waals surface area contributed by atoms with Crippen LogP contribution in [0.1, 0.15) is 27.2 Å². The zero-order chi connectivity index (χ0) is 8.06. The second-order valence-electron chi connectivity index (χ2n) is 4.75. The van der Waals surface area contributed by atoms with Gasteiger partial charge in [-0.15, -0.1) is 0 Å². The molecule has 0 amide bonds. The SMILES string of the molecule is CC1CNCC2(C1)C(C)C2C. The van der Waals surface area contributed by atoms with Crippen LogP contribution in [0.4, 0.5) is 0 Å². The molecule has 1 heterocycles. The summed E-state index contributed by atoms with van der Waals surface area (Å²) in [5.41, 5.74) is 0.706. The molecular formula is C10H19N. The van der Waals surface area contributed by atoms with E-state index >= 15 is 0 Å². The quantitative estimate of drug-likeness (QED) is 0.560. The van der Waals surface area contributed by atoms with E-state index in [0.29, 0.717) is 5.41 Å². The van der Waals surface area contributed by atoms with Crippen LogP contribution in [0.2, 0.25) is 0 Å². The van der Waals surface area contributed by atoms with E-state index in [4.69, 9.17) is 0 Å². The van der Waals surface area contributed by atoms with Crippen LogP contribution in [-0.4, -0.2) is 13.1 Å². The summed E-state index contributed by atoms with van der Waals surface area (Å²) in [6.07, 6.45) is 1.46. The van der Waals surface area contributed by atoms with Crippen molar-refractivity contribution in [1.29, 1.82) is 0 Å². The molecule has 3 atom stereocenters. The van der Waals surface area contributed by atoms with E-state index < -0.39 is 0 Å². The van der Waals surface area contributed by atoms with Crippen molar-refractivity contribution < 1.29 is 0 Å². The molecule has 1 N–H and O–H groups in total. The minimum Gasteiger partial charge on any atom is -0.316 e. The van der Waals surface area contributed by atoms with Crippen LogP contribution in [0.25, 0.3) is 0 Å². The van der Waals surface area contributed by atoms with Gasteiger partial charge in [-0.05, 0) is 36.1 Å². The fourth-order valence-corrected chi connectivity index (χ4v) is 2.99. The molecule has 0 aromatic carbocycles. The van der Waals surface area contributed by atoms with Gasteiger partial charge in [-0.25, -0.2) is 0 Å². The number of hydrogen-bond acceptors (Lipinski definition) is 1. The number of nitrogens with one attached hydrogen (secondary N) is 1. The van der Waals surface area contributed by atoms with E-state index in [1.165, 1.54) is 19.5 Å². The first-order chi connectivity index (χ1) is 5.17. The average molecular weight is 153 g/mol. The van der Waals surface area contributed by atoms with Crippen molar-refractivity contribution in [2.24, 2.45) is 23.2 Å². The lowest BCUT2D eigenvalue weighted by atomic mass is 9.86. The van der Waals surface area contributed by atoms with Crippen LogP contribution in [0.15, 0.2) is 0 Å². The molecule has 2 rings (SSSR count). The molecule has 1 nitrogen and oxygen atoms in total. The molecule has 0 bridgehead atoms. The number of piperidine rings is 1. The zero-order valence-corrected chi connectivity index (χ0v) is 7.85. The van der Waals surface area contributed by atoms with Crippen LogP contribution in [0, 0.1) is 23.2 Å². The van der Waals surface area contributed by atoms with E-state index in [-0.39, 0.29) is 0 Å². The molecule has 2 aliphatic rings. The molecule has 0 radical (unpaired) electrons. The molecule has 2 fully saturated rings. The van der Waals surface area contributed by atoms with Crippen molar-refractivity contribution in [3.63, 3.8) is 0 Å². The molecule has 3 unspecified atom stereocenters. The predicted molar refractivity (Wildman–Crippen MR) is 47.4 cm³/mol. The lowest BCUT2D eigenvalue weighted by molar-refractivity contribution is 0.254. The fourth-order valence-electron chi connectivity index (χ4n) is 2.99. The average Bonchev–Trinajstić information content (AvgIpc) is 2.42. The van der Waals surface area contributed by atoms with Crippen molar-refractivity contribution in [1.82, 2.24) is 5.32 Å². The summed E-state index contributed by atoms with van der Waals surface area (Å²) in [5.74, 6) is 2.84. The maximum Gasteiger partial charge on any atom is 0.00133 e. The smallest absolute Gasteiger partial charge is 0.00133 e. The number of hydrogen-bond donors (Lipinski definition) is 1. The molecule has 64 valence electrons. The van der Waals surface area contributed by atoms with E-state index in [0.717, 1.165) is 17.8 Å². The Kier molecular flexibility index (Phi) is 1.54. The van der Waals surface area contributed by atoms with Crippen LogP contribution in [-0.2, 0) is 0 Å². The van der Waals surface area contributed by atoms with Gasteiger partial charge < -0.3 is 5.32 Å². The molecule has 0 aromatic heterocycles. The van der Waals surface area contributed by atoms with Gasteiger partial charge in [0.05, 0.1) is 0 Å². The normalized spacial score (nSPS) is 56.5. The van der Waals surface area contributed by atoms with E-state index in [9.17, 15) is 0 Å². The van der Waals surface area contributed by atoms with Crippen molar-refractivity contribution >= 4 is 0 Å². The third-order valence-electron chi connectivity index (χ3n) is 4.13. The predicted octanol–water partition coefficient (Wildman–Crippen LogP) is 1.89. The van der Waals surface area contributed by atoms with Gasteiger partial charge in [0.2, 0.25) is 0 Å². The number of rotatable bonds is 0. The van der Waals surface area contributed by atoms with Gasteiger partial charge in [0.1, 0.15) is 0 Å². The van der Waals surface area contributed by atoms with E-state index in [1.807, 2.05) is 0 Å². The van der Waals surface area contributed by atoms with Gasteiger partial charge in [0.15, 0.2) is 0 Å². The van der Waals surface area contributed by atoms with Gasteiger partial charge in [0.25, 0.3) is 0 Å². The van der Waals surface area contributed by atoms with Crippen LogP contribution in [0.3, 0.4) is 0 Å². The monoisotopic (exact) mass is 153 g/mol. The zero-order valence-electron chi connectivity index (χ0n) is 7.85. The summed E-state index contributed by atoms with van der Waals surface area (Å²) >= 11 is 0. The Labute approximate surface area is 69.6 Å². The van der Waals surface area contributed by atoms with Gasteiger partial charge in [-0.2, -0.15) is 0 Å². The topological polar surface area (TPSA) is 12.0 Å². The van der Waals surface area contributed by atoms with Gasteiger partial charge in [-0.1, -0.05) is 20.8 Å². The first kappa shape index (κ1) is 7.60. The summed E-state index contributed by atoms with van der Waals surface area (Å²) in [4.78, 5) is 0. The fraction of sp³-hybridized carbons (Fsp3) is 1.00. The Bertz CT molecular complexity index is 156. The van der Waals surface area contributed by atoms with Crippen molar-refractivity contribution in [2.45, 2.75) is 27.2 Å². The van der Waals surface area contributed by atoms with Crippen LogP contribution >= 0.6 is 0 Å². The molecule has 1 saturated carbocycles. The maximum absolute atomic E-state index is 3.55. The Morgan fingerprint density at radius 1 is 1.18 bits per heavy atom. The summed E-state index contributed by atoms with van der Waals surface area (Å²) in [6.45, 7) is 9.70. The highest BCUT2D eigenvalue weighted by Gasteiger charge is 2.59. The Balaban J connectivity index is 2.05.